The Balaban J connectivity index is 2.09. The number of rotatable bonds is 4. The van der Waals surface area contributed by atoms with Crippen molar-refractivity contribution < 1.29 is 26.7 Å². The van der Waals surface area contributed by atoms with Gasteiger partial charge in [0.15, 0.2) is 0 Å². The Morgan fingerprint density at radius 1 is 1.32 bits per heavy atom. The number of halogens is 2. The molecule has 1 fully saturated rings. The molecule has 2 rings (SSSR count). The fourth-order valence-electron chi connectivity index (χ4n) is 2.52. The predicted octanol–water partition coefficient (Wildman–Crippen LogP) is 3.10. The van der Waals surface area contributed by atoms with Crippen molar-refractivity contribution in [3.05, 3.63) is 24.3 Å². The first kappa shape index (κ1) is 19.4. The molecule has 0 saturated carbocycles. The van der Waals surface area contributed by atoms with Crippen LogP contribution in [0.1, 0.15) is 27.2 Å². The topological polar surface area (TPSA) is 75.7 Å². The Hall–Kier alpha value is -1.90. The van der Waals surface area contributed by atoms with Gasteiger partial charge in [0, 0.05) is 19.1 Å². The number of carbonyl (C=O) groups excluding carboxylic acids is 1. The lowest BCUT2D eigenvalue weighted by Gasteiger charge is -2.24. The molecule has 1 saturated heterocycles. The molecule has 25 heavy (non-hydrogen) atoms. The molecule has 0 aliphatic carbocycles. The number of alkyl halides is 2. The van der Waals surface area contributed by atoms with Crippen LogP contribution in [0.15, 0.2) is 29.2 Å². The van der Waals surface area contributed by atoms with E-state index in [0.29, 0.717) is 19.5 Å². The zero-order valence-electron chi connectivity index (χ0n) is 14.3. The highest BCUT2D eigenvalue weighted by Crippen LogP contribution is 2.28. The van der Waals surface area contributed by atoms with Crippen molar-refractivity contribution in [1.29, 1.82) is 0 Å². The van der Waals surface area contributed by atoms with Gasteiger partial charge in [0.05, 0.1) is 10.6 Å². The Kier molecular flexibility index (Phi) is 5.55. The molecule has 1 aromatic rings. The lowest BCUT2D eigenvalue weighted by atomic mass is 10.2. The number of amides is 1. The number of nitrogens with one attached hydrogen (secondary N) is 1. The molecule has 1 aromatic carbocycles. The first-order valence-electron chi connectivity index (χ1n) is 7.86. The second-order valence-electron chi connectivity index (χ2n) is 6.86. The lowest BCUT2D eigenvalue weighted by Crippen LogP contribution is -2.36. The van der Waals surface area contributed by atoms with E-state index in [0.717, 1.165) is 6.07 Å². The SMILES string of the molecule is CC(C)(C)OC(=O)N1CCC(Nc2ccccc2S(=O)(=O)C(F)F)C1. The molecule has 0 radical (unpaired) electrons. The minimum Gasteiger partial charge on any atom is -0.444 e. The summed E-state index contributed by atoms with van der Waals surface area (Å²) in [4.78, 5) is 13.1. The number of hydrogen-bond donors (Lipinski definition) is 1. The number of hydrogen-bond acceptors (Lipinski definition) is 5. The summed E-state index contributed by atoms with van der Waals surface area (Å²) in [5.74, 6) is -3.49. The smallest absolute Gasteiger partial charge is 0.410 e. The van der Waals surface area contributed by atoms with Gasteiger partial charge in [-0.2, -0.15) is 8.78 Å². The maximum Gasteiger partial charge on any atom is 0.410 e. The largest absolute Gasteiger partial charge is 0.444 e. The predicted molar refractivity (Wildman–Crippen MR) is 89.5 cm³/mol. The summed E-state index contributed by atoms with van der Waals surface area (Å²) in [7, 11) is -4.70. The number of anilines is 1. The fraction of sp³-hybridized carbons (Fsp3) is 0.562. The highest BCUT2D eigenvalue weighted by molar-refractivity contribution is 7.91. The highest BCUT2D eigenvalue weighted by atomic mass is 32.2. The highest BCUT2D eigenvalue weighted by Gasteiger charge is 2.32. The van der Waals surface area contributed by atoms with Crippen LogP contribution in [0, 0.1) is 0 Å². The maximum atomic E-state index is 12.8. The number of nitrogens with zero attached hydrogens (tertiary/aromatic N) is 1. The molecule has 9 heteroatoms. The van der Waals surface area contributed by atoms with Crippen LogP contribution in [0.5, 0.6) is 0 Å². The van der Waals surface area contributed by atoms with Crippen molar-refractivity contribution in [3.63, 3.8) is 0 Å². The number of carbonyl (C=O) groups is 1. The van der Waals surface area contributed by atoms with Gasteiger partial charge < -0.3 is 15.0 Å². The molecule has 1 heterocycles. The molecule has 0 spiro atoms. The third kappa shape index (κ3) is 4.81. The standard InChI is InChI=1S/C16H22F2N2O4S/c1-16(2,3)24-15(21)20-9-8-11(10-20)19-12-6-4-5-7-13(12)25(22,23)14(17)18/h4-7,11,14,19H,8-10H2,1-3H3. The second kappa shape index (κ2) is 7.15. The molecule has 1 aliphatic rings. The lowest BCUT2D eigenvalue weighted by molar-refractivity contribution is 0.0293. The molecule has 0 bridgehead atoms. The van der Waals surface area contributed by atoms with Gasteiger partial charge in [-0.1, -0.05) is 12.1 Å². The summed E-state index contributed by atoms with van der Waals surface area (Å²) in [6, 6.07) is 5.28. The van der Waals surface area contributed by atoms with Crippen molar-refractivity contribution in [3.8, 4) is 0 Å². The van der Waals surface area contributed by atoms with E-state index >= 15 is 0 Å². The Morgan fingerprint density at radius 3 is 2.56 bits per heavy atom. The van der Waals surface area contributed by atoms with Crippen molar-refractivity contribution in [2.45, 2.75) is 49.5 Å². The number of likely N-dealkylation sites (tertiary alicyclic amines) is 1. The van der Waals surface area contributed by atoms with E-state index in [9.17, 15) is 22.0 Å². The number of benzene rings is 1. The van der Waals surface area contributed by atoms with E-state index in [1.54, 1.807) is 26.8 Å². The van der Waals surface area contributed by atoms with Gasteiger partial charge in [-0.05, 0) is 39.3 Å². The Bertz CT molecular complexity index is 732. The van der Waals surface area contributed by atoms with E-state index < -0.39 is 32.2 Å². The first-order valence-corrected chi connectivity index (χ1v) is 9.41. The average molecular weight is 376 g/mol. The van der Waals surface area contributed by atoms with Gasteiger partial charge in [0.25, 0.3) is 0 Å². The van der Waals surface area contributed by atoms with Crippen molar-refractivity contribution in [1.82, 2.24) is 4.90 Å². The molecule has 140 valence electrons. The van der Waals surface area contributed by atoms with E-state index in [1.807, 2.05) is 0 Å². The minimum atomic E-state index is -4.70. The molecule has 1 aliphatic heterocycles. The quantitative estimate of drug-likeness (QED) is 0.874. The van der Waals surface area contributed by atoms with Crippen LogP contribution in [0.4, 0.5) is 19.3 Å². The molecule has 1 atom stereocenters. The van der Waals surface area contributed by atoms with Crippen molar-refractivity contribution >= 4 is 21.6 Å². The molecule has 1 N–H and O–H groups in total. The summed E-state index contributed by atoms with van der Waals surface area (Å²) >= 11 is 0. The van der Waals surface area contributed by atoms with Crippen LogP contribution < -0.4 is 5.32 Å². The number of para-hydroxylation sites is 1. The van der Waals surface area contributed by atoms with Crippen LogP contribution in [0.3, 0.4) is 0 Å². The van der Waals surface area contributed by atoms with Crippen LogP contribution >= 0.6 is 0 Å². The van der Waals surface area contributed by atoms with Crippen LogP contribution in [0.2, 0.25) is 0 Å². The normalized spacial score (nSPS) is 18.5. The summed E-state index contributed by atoms with van der Waals surface area (Å²) < 4.78 is 54.5. The number of sulfone groups is 1. The summed E-state index contributed by atoms with van der Waals surface area (Å²) in [5, 5.41) is 2.96. The van der Waals surface area contributed by atoms with Gasteiger partial charge in [-0.25, -0.2) is 13.2 Å². The average Bonchev–Trinajstić information content (AvgIpc) is 2.94. The molecular formula is C16H22F2N2O4S. The number of ether oxygens (including phenoxy) is 1. The van der Waals surface area contributed by atoms with Crippen molar-refractivity contribution in [2.24, 2.45) is 0 Å². The van der Waals surface area contributed by atoms with E-state index in [-0.39, 0.29) is 11.7 Å². The van der Waals surface area contributed by atoms with Crippen LogP contribution in [-0.2, 0) is 14.6 Å². The second-order valence-corrected chi connectivity index (χ2v) is 8.74. The zero-order valence-corrected chi connectivity index (χ0v) is 15.1. The zero-order chi connectivity index (χ0) is 18.8. The van der Waals surface area contributed by atoms with E-state index in [1.165, 1.54) is 17.0 Å². The van der Waals surface area contributed by atoms with E-state index in [2.05, 4.69) is 5.32 Å². The Morgan fingerprint density at radius 2 is 1.96 bits per heavy atom. The third-order valence-electron chi connectivity index (χ3n) is 3.63. The minimum absolute atomic E-state index is 0.110. The molecule has 1 amide bonds. The van der Waals surface area contributed by atoms with Gasteiger partial charge in [0.2, 0.25) is 9.84 Å². The molecule has 6 nitrogen and oxygen atoms in total. The summed E-state index contributed by atoms with van der Waals surface area (Å²) in [5.41, 5.74) is -0.501. The molecule has 0 aromatic heterocycles. The van der Waals surface area contributed by atoms with Gasteiger partial charge in [-0.15, -0.1) is 0 Å². The monoisotopic (exact) mass is 376 g/mol. The van der Waals surface area contributed by atoms with Crippen molar-refractivity contribution in [2.75, 3.05) is 18.4 Å². The van der Waals surface area contributed by atoms with Gasteiger partial charge in [-0.3, -0.25) is 0 Å². The third-order valence-corrected chi connectivity index (χ3v) is 5.07. The molecular weight excluding hydrogens is 354 g/mol. The summed E-state index contributed by atoms with van der Waals surface area (Å²) in [6.07, 6.45) is 0.104. The summed E-state index contributed by atoms with van der Waals surface area (Å²) in [6.45, 7) is 6.04. The first-order chi connectivity index (χ1) is 11.5. The fourth-order valence-corrected chi connectivity index (χ4v) is 3.41. The maximum absolute atomic E-state index is 12.8. The van der Waals surface area contributed by atoms with Crippen LogP contribution in [-0.4, -0.2) is 49.9 Å². The molecule has 1 unspecified atom stereocenters. The Labute approximate surface area is 146 Å². The van der Waals surface area contributed by atoms with Crippen LogP contribution in [0.25, 0.3) is 0 Å². The van der Waals surface area contributed by atoms with Gasteiger partial charge in [0.1, 0.15) is 5.60 Å². The van der Waals surface area contributed by atoms with E-state index in [4.69, 9.17) is 4.74 Å². The van der Waals surface area contributed by atoms with Gasteiger partial charge >= 0.3 is 11.9 Å².